The fourth-order valence-corrected chi connectivity index (χ4v) is 6.36. The van der Waals surface area contributed by atoms with Crippen LogP contribution in [0, 0.1) is 5.92 Å². The summed E-state index contributed by atoms with van der Waals surface area (Å²) in [5, 5.41) is 1.10. The topological polar surface area (TPSA) is 81.6 Å². The number of fused-ring (bicyclic) bond motifs is 2. The monoisotopic (exact) mass is 518 g/mol. The molecule has 0 radical (unpaired) electrons. The molecule has 2 aromatic carbocycles. The largest absolute Gasteiger partial charge is 0.382 e. The van der Waals surface area contributed by atoms with E-state index < -0.39 is 0 Å². The summed E-state index contributed by atoms with van der Waals surface area (Å²) in [6.45, 7) is 5.05. The molecule has 0 spiro atoms. The zero-order chi connectivity index (χ0) is 26.2. The number of morpholine rings is 1. The Morgan fingerprint density at radius 3 is 2.49 bits per heavy atom. The van der Waals surface area contributed by atoms with Gasteiger partial charge in [0.1, 0.15) is 22.9 Å². The molecule has 7 rings (SSSR count). The maximum absolute atomic E-state index is 6.47. The Hall–Kier alpha value is -3.81. The van der Waals surface area contributed by atoms with Crippen LogP contribution in [0.3, 0.4) is 0 Å². The number of ether oxygens (including phenoxy) is 1. The molecule has 0 bridgehead atoms. The molecular weight excluding hydrogens is 484 g/mol. The summed E-state index contributed by atoms with van der Waals surface area (Å²) in [7, 11) is 0. The van der Waals surface area contributed by atoms with E-state index >= 15 is 0 Å². The van der Waals surface area contributed by atoms with E-state index in [-0.39, 0.29) is 0 Å². The Morgan fingerprint density at radius 1 is 0.872 bits per heavy atom. The molecule has 7 nitrogen and oxygen atoms in total. The highest BCUT2D eigenvalue weighted by Gasteiger charge is 2.29. The number of nitrogen functional groups attached to an aromatic ring is 1. The van der Waals surface area contributed by atoms with Crippen molar-refractivity contribution in [2.45, 2.75) is 31.6 Å². The van der Waals surface area contributed by atoms with Gasteiger partial charge in [0.2, 0.25) is 0 Å². The second kappa shape index (κ2) is 10.4. The smallest absolute Gasteiger partial charge is 0.150 e. The second-order valence-electron chi connectivity index (χ2n) is 11.0. The van der Waals surface area contributed by atoms with Crippen LogP contribution in [0.25, 0.3) is 38.9 Å². The number of rotatable bonds is 5. The highest BCUT2D eigenvalue weighted by molar-refractivity contribution is 5.91. The lowest BCUT2D eigenvalue weighted by atomic mass is 9.81. The SMILES string of the molecule is Nc1nccn2c1c(-c1ccc3ccc(-c4ccccc4)nc3c1)nc2[C@H]1CC[C@H](CN2CCOCC2)CC1. The summed E-state index contributed by atoms with van der Waals surface area (Å²) in [5.41, 5.74) is 12.3. The van der Waals surface area contributed by atoms with E-state index in [0.717, 1.165) is 89.8 Å². The molecular formula is C32H34N6O. The summed E-state index contributed by atoms with van der Waals surface area (Å²) in [6.07, 6.45) is 8.56. The Bertz CT molecular complexity index is 1600. The second-order valence-corrected chi connectivity index (χ2v) is 11.0. The van der Waals surface area contributed by atoms with Crippen LogP contribution in [0.15, 0.2) is 73.1 Å². The van der Waals surface area contributed by atoms with Crippen molar-refractivity contribution in [1.29, 1.82) is 0 Å². The molecule has 198 valence electrons. The minimum absolute atomic E-state index is 0.414. The van der Waals surface area contributed by atoms with E-state index in [1.54, 1.807) is 6.20 Å². The van der Waals surface area contributed by atoms with E-state index in [1.165, 1.54) is 19.4 Å². The molecule has 4 heterocycles. The maximum atomic E-state index is 6.47. The van der Waals surface area contributed by atoms with Crippen LogP contribution in [0.4, 0.5) is 5.82 Å². The lowest BCUT2D eigenvalue weighted by molar-refractivity contribution is 0.0273. The van der Waals surface area contributed by atoms with Crippen LogP contribution in [-0.2, 0) is 4.74 Å². The summed E-state index contributed by atoms with van der Waals surface area (Å²) in [5.74, 6) is 2.78. The van der Waals surface area contributed by atoms with Gasteiger partial charge in [-0.05, 0) is 43.7 Å². The summed E-state index contributed by atoms with van der Waals surface area (Å²) in [4.78, 5) is 17.3. The third kappa shape index (κ3) is 4.77. The maximum Gasteiger partial charge on any atom is 0.150 e. The first-order chi connectivity index (χ1) is 19.2. The molecule has 1 aliphatic heterocycles. The van der Waals surface area contributed by atoms with E-state index in [4.69, 9.17) is 20.4 Å². The van der Waals surface area contributed by atoms with Crippen molar-refractivity contribution in [1.82, 2.24) is 24.3 Å². The molecule has 3 aromatic heterocycles. The molecule has 0 amide bonds. The predicted octanol–water partition coefficient (Wildman–Crippen LogP) is 5.80. The number of nitrogens with two attached hydrogens (primary N) is 1. The first-order valence-corrected chi connectivity index (χ1v) is 14.1. The first kappa shape index (κ1) is 24.2. The van der Waals surface area contributed by atoms with Crippen LogP contribution in [0.2, 0.25) is 0 Å². The number of pyridine rings is 1. The quantitative estimate of drug-likeness (QED) is 0.317. The Labute approximate surface area is 228 Å². The lowest BCUT2D eigenvalue weighted by Gasteiger charge is -2.34. The predicted molar refractivity (Wildman–Crippen MR) is 156 cm³/mol. The Kier molecular flexibility index (Phi) is 6.46. The molecule has 1 aliphatic carbocycles. The minimum atomic E-state index is 0.414. The normalized spacial score (nSPS) is 20.5. The third-order valence-corrected chi connectivity index (χ3v) is 8.48. The molecule has 2 fully saturated rings. The first-order valence-electron chi connectivity index (χ1n) is 14.1. The third-order valence-electron chi connectivity index (χ3n) is 8.48. The van der Waals surface area contributed by atoms with E-state index in [9.17, 15) is 0 Å². The van der Waals surface area contributed by atoms with Crippen molar-refractivity contribution < 1.29 is 4.74 Å². The average Bonchev–Trinajstić information content (AvgIpc) is 3.39. The van der Waals surface area contributed by atoms with Gasteiger partial charge >= 0.3 is 0 Å². The number of aromatic nitrogens is 4. The lowest BCUT2D eigenvalue weighted by Crippen LogP contribution is -2.40. The Morgan fingerprint density at radius 2 is 1.67 bits per heavy atom. The van der Waals surface area contributed by atoms with Crippen molar-refractivity contribution in [2.75, 3.05) is 38.6 Å². The van der Waals surface area contributed by atoms with Crippen LogP contribution >= 0.6 is 0 Å². The van der Waals surface area contributed by atoms with Gasteiger partial charge in [-0.25, -0.2) is 15.0 Å². The minimum Gasteiger partial charge on any atom is -0.382 e. The number of imidazole rings is 1. The molecule has 0 atom stereocenters. The highest BCUT2D eigenvalue weighted by atomic mass is 16.5. The van der Waals surface area contributed by atoms with Crippen molar-refractivity contribution in [3.8, 4) is 22.5 Å². The summed E-state index contributed by atoms with van der Waals surface area (Å²) in [6, 6.07) is 20.9. The van der Waals surface area contributed by atoms with Crippen molar-refractivity contribution in [3.63, 3.8) is 0 Å². The molecule has 1 saturated carbocycles. The molecule has 2 N–H and O–H groups in total. The molecule has 1 saturated heterocycles. The fraction of sp³-hybridized carbons (Fsp3) is 0.344. The summed E-state index contributed by atoms with van der Waals surface area (Å²) >= 11 is 0. The highest BCUT2D eigenvalue weighted by Crippen LogP contribution is 2.39. The van der Waals surface area contributed by atoms with E-state index in [2.05, 4.69) is 56.7 Å². The number of hydrogen-bond donors (Lipinski definition) is 1. The van der Waals surface area contributed by atoms with Gasteiger partial charge < -0.3 is 10.5 Å². The van der Waals surface area contributed by atoms with Crippen LogP contribution in [0.1, 0.15) is 37.4 Å². The van der Waals surface area contributed by atoms with Crippen molar-refractivity contribution in [3.05, 3.63) is 78.9 Å². The Balaban J connectivity index is 1.20. The van der Waals surface area contributed by atoms with Gasteiger partial charge in [0, 0.05) is 54.5 Å². The number of benzene rings is 2. The molecule has 7 heteroatoms. The zero-order valence-corrected chi connectivity index (χ0v) is 22.2. The standard InChI is InChI=1S/C32H34N6O/c33-31-30-29(26-11-10-24-12-13-27(35-28(24)20-26)23-4-2-1-3-5-23)36-32(38(30)15-14-34-31)25-8-6-22(7-9-25)21-37-16-18-39-19-17-37/h1-5,10-15,20,22,25H,6-9,16-19,21H2,(H2,33,34)/t22-,25-. The van der Waals surface area contributed by atoms with Gasteiger partial charge in [0.15, 0.2) is 0 Å². The van der Waals surface area contributed by atoms with E-state index in [1.807, 2.05) is 24.4 Å². The van der Waals surface area contributed by atoms with Gasteiger partial charge in [-0.1, -0.05) is 48.5 Å². The van der Waals surface area contributed by atoms with Crippen LogP contribution < -0.4 is 5.73 Å². The van der Waals surface area contributed by atoms with Crippen LogP contribution in [-0.4, -0.2) is 57.1 Å². The fourth-order valence-electron chi connectivity index (χ4n) is 6.36. The average molecular weight is 519 g/mol. The molecule has 39 heavy (non-hydrogen) atoms. The molecule has 0 unspecified atom stereocenters. The van der Waals surface area contributed by atoms with Gasteiger partial charge in [-0.2, -0.15) is 0 Å². The van der Waals surface area contributed by atoms with Crippen molar-refractivity contribution >= 4 is 22.2 Å². The van der Waals surface area contributed by atoms with Gasteiger partial charge in [0.25, 0.3) is 0 Å². The van der Waals surface area contributed by atoms with Gasteiger partial charge in [-0.15, -0.1) is 0 Å². The number of anilines is 1. The number of nitrogens with zero attached hydrogens (tertiary/aromatic N) is 5. The van der Waals surface area contributed by atoms with Gasteiger partial charge in [-0.3, -0.25) is 9.30 Å². The van der Waals surface area contributed by atoms with Crippen LogP contribution in [0.5, 0.6) is 0 Å². The molecule has 2 aliphatic rings. The van der Waals surface area contributed by atoms with E-state index in [0.29, 0.717) is 11.7 Å². The molecule has 5 aromatic rings. The van der Waals surface area contributed by atoms with Gasteiger partial charge in [0.05, 0.1) is 24.4 Å². The number of hydrogen-bond acceptors (Lipinski definition) is 6. The van der Waals surface area contributed by atoms with Crippen molar-refractivity contribution in [2.24, 2.45) is 5.92 Å². The zero-order valence-electron chi connectivity index (χ0n) is 22.2. The summed E-state index contributed by atoms with van der Waals surface area (Å²) < 4.78 is 7.71.